The van der Waals surface area contributed by atoms with E-state index in [9.17, 15) is 9.59 Å². The van der Waals surface area contributed by atoms with Gasteiger partial charge in [-0.3, -0.25) is 9.59 Å². The summed E-state index contributed by atoms with van der Waals surface area (Å²) in [4.78, 5) is 22.6. The van der Waals surface area contributed by atoms with Crippen molar-refractivity contribution >= 4 is 11.8 Å². The molecule has 0 saturated heterocycles. The first-order chi connectivity index (χ1) is 10.1. The molecule has 0 saturated carbocycles. The number of hydrogen-bond acceptors (Lipinski definition) is 4. The van der Waals surface area contributed by atoms with Crippen LogP contribution in [0.4, 0.5) is 0 Å². The smallest absolute Gasteiger partial charge is 0.255 e. The summed E-state index contributed by atoms with van der Waals surface area (Å²) in [5.74, 6) is -0.0791. The first-order valence-corrected chi connectivity index (χ1v) is 6.86. The van der Waals surface area contributed by atoms with Crippen LogP contribution < -0.4 is 21.1 Å². The van der Waals surface area contributed by atoms with E-state index < -0.39 is 5.91 Å². The highest BCUT2D eigenvalue weighted by Gasteiger charge is 2.09. The topological polar surface area (TPSA) is 93.5 Å². The van der Waals surface area contributed by atoms with Crippen LogP contribution in [0.1, 0.15) is 18.4 Å². The number of nitrogens with two attached hydrogens (primary N) is 1. The summed E-state index contributed by atoms with van der Waals surface area (Å²) < 4.78 is 5.21. The monoisotopic (exact) mass is 289 g/mol. The second kappa shape index (κ2) is 7.33. The van der Waals surface area contributed by atoms with Crippen molar-refractivity contribution in [3.8, 4) is 5.75 Å². The molecule has 4 N–H and O–H groups in total. The maximum atomic E-state index is 12.0. The lowest BCUT2D eigenvalue weighted by Crippen LogP contribution is -2.28. The third kappa shape index (κ3) is 5.18. The summed E-state index contributed by atoms with van der Waals surface area (Å²) in [6.07, 6.45) is 3.99. The molecule has 2 amide bonds. The second-order valence-electron chi connectivity index (χ2n) is 4.85. The predicted molar refractivity (Wildman–Crippen MR) is 78.3 cm³/mol. The number of rotatable bonds is 6. The van der Waals surface area contributed by atoms with Crippen LogP contribution in [0.15, 0.2) is 36.2 Å². The SMILES string of the molecule is NC(=O)COc1cccc(CC(=O)NC2=CNCCC2)c1. The van der Waals surface area contributed by atoms with Gasteiger partial charge >= 0.3 is 0 Å². The Bertz CT molecular complexity index is 555. The lowest BCUT2D eigenvalue weighted by molar-refractivity contribution is -0.120. The van der Waals surface area contributed by atoms with Gasteiger partial charge in [0.1, 0.15) is 5.75 Å². The molecule has 0 radical (unpaired) electrons. The maximum Gasteiger partial charge on any atom is 0.255 e. The van der Waals surface area contributed by atoms with Crippen LogP contribution in [0, 0.1) is 0 Å². The van der Waals surface area contributed by atoms with E-state index in [2.05, 4.69) is 10.6 Å². The van der Waals surface area contributed by atoms with Crippen LogP contribution in [0.5, 0.6) is 5.75 Å². The first kappa shape index (κ1) is 14.9. The Balaban J connectivity index is 1.89. The van der Waals surface area contributed by atoms with Gasteiger partial charge in [0, 0.05) is 18.4 Å². The summed E-state index contributed by atoms with van der Waals surface area (Å²) >= 11 is 0. The first-order valence-electron chi connectivity index (χ1n) is 6.86. The number of benzene rings is 1. The van der Waals surface area contributed by atoms with Crippen molar-refractivity contribution in [2.45, 2.75) is 19.3 Å². The number of carbonyl (C=O) groups excluding carboxylic acids is 2. The molecular formula is C15H19N3O3. The zero-order valence-corrected chi connectivity index (χ0v) is 11.7. The highest BCUT2D eigenvalue weighted by molar-refractivity contribution is 5.80. The number of hydrogen-bond donors (Lipinski definition) is 3. The molecule has 1 aromatic carbocycles. The summed E-state index contributed by atoms with van der Waals surface area (Å²) in [5.41, 5.74) is 6.75. The van der Waals surface area contributed by atoms with Gasteiger partial charge < -0.3 is 21.1 Å². The molecule has 6 heteroatoms. The number of amides is 2. The zero-order chi connectivity index (χ0) is 15.1. The standard InChI is InChI=1S/C15H19N3O3/c16-14(19)10-21-13-5-1-3-11(7-13)8-15(20)18-12-4-2-6-17-9-12/h1,3,5,7,9,17H,2,4,6,8,10H2,(H2,16,19)(H,18,20). The Labute approximate surface area is 123 Å². The minimum Gasteiger partial charge on any atom is -0.484 e. The van der Waals surface area contributed by atoms with Crippen molar-refractivity contribution in [3.63, 3.8) is 0 Å². The Morgan fingerprint density at radius 3 is 2.95 bits per heavy atom. The number of ether oxygens (including phenoxy) is 1. The Kier molecular flexibility index (Phi) is 5.20. The Morgan fingerprint density at radius 2 is 2.24 bits per heavy atom. The molecule has 1 aliphatic rings. The lowest BCUT2D eigenvalue weighted by atomic mass is 10.1. The van der Waals surface area contributed by atoms with Crippen LogP contribution >= 0.6 is 0 Å². The van der Waals surface area contributed by atoms with Crippen LogP contribution in [-0.2, 0) is 16.0 Å². The third-order valence-corrected chi connectivity index (χ3v) is 2.99. The largest absolute Gasteiger partial charge is 0.484 e. The fourth-order valence-electron chi connectivity index (χ4n) is 2.06. The van der Waals surface area contributed by atoms with Gasteiger partial charge in [0.2, 0.25) is 5.91 Å². The van der Waals surface area contributed by atoms with Crippen molar-refractivity contribution in [1.82, 2.24) is 10.6 Å². The molecule has 0 atom stereocenters. The van der Waals surface area contributed by atoms with Crippen molar-refractivity contribution in [1.29, 1.82) is 0 Å². The molecular weight excluding hydrogens is 270 g/mol. The van der Waals surface area contributed by atoms with Crippen LogP contribution in [0.2, 0.25) is 0 Å². The molecule has 112 valence electrons. The van der Waals surface area contributed by atoms with E-state index in [0.717, 1.165) is 30.6 Å². The average molecular weight is 289 g/mol. The average Bonchev–Trinajstić information content (AvgIpc) is 2.46. The third-order valence-electron chi connectivity index (χ3n) is 2.99. The van der Waals surface area contributed by atoms with Crippen molar-refractivity contribution in [2.24, 2.45) is 5.73 Å². The van der Waals surface area contributed by atoms with Crippen LogP contribution in [0.25, 0.3) is 0 Å². The molecule has 0 aromatic heterocycles. The van der Waals surface area contributed by atoms with Gasteiger partial charge in [0.25, 0.3) is 5.91 Å². The van der Waals surface area contributed by atoms with Gasteiger partial charge in [-0.25, -0.2) is 0 Å². The van der Waals surface area contributed by atoms with Gasteiger partial charge in [-0.05, 0) is 30.5 Å². The second-order valence-corrected chi connectivity index (χ2v) is 4.85. The molecule has 1 aromatic rings. The van der Waals surface area contributed by atoms with E-state index in [4.69, 9.17) is 10.5 Å². The van der Waals surface area contributed by atoms with Gasteiger partial charge in [0.05, 0.1) is 6.42 Å². The molecule has 1 aliphatic heterocycles. The minimum atomic E-state index is -0.533. The van der Waals surface area contributed by atoms with E-state index in [-0.39, 0.29) is 18.9 Å². The highest BCUT2D eigenvalue weighted by Crippen LogP contribution is 2.14. The normalized spacial score (nSPS) is 13.8. The fraction of sp³-hybridized carbons (Fsp3) is 0.333. The van der Waals surface area contributed by atoms with Crippen LogP contribution in [-0.4, -0.2) is 25.0 Å². The molecule has 0 unspecified atom stereocenters. The van der Waals surface area contributed by atoms with E-state index in [1.54, 1.807) is 18.2 Å². The van der Waals surface area contributed by atoms with Crippen molar-refractivity contribution in [3.05, 3.63) is 41.7 Å². The van der Waals surface area contributed by atoms with E-state index in [0.29, 0.717) is 5.75 Å². The molecule has 0 bridgehead atoms. The van der Waals surface area contributed by atoms with Gasteiger partial charge in [0.15, 0.2) is 6.61 Å². The van der Waals surface area contributed by atoms with E-state index in [1.807, 2.05) is 12.3 Å². The quantitative estimate of drug-likeness (QED) is 0.708. The molecule has 0 spiro atoms. The minimum absolute atomic E-state index is 0.0722. The molecule has 6 nitrogen and oxygen atoms in total. The number of primary amides is 1. The lowest BCUT2D eigenvalue weighted by Gasteiger charge is -2.15. The fourth-order valence-corrected chi connectivity index (χ4v) is 2.06. The summed E-state index contributed by atoms with van der Waals surface area (Å²) in [6, 6.07) is 7.07. The summed E-state index contributed by atoms with van der Waals surface area (Å²) in [6.45, 7) is 0.771. The molecule has 0 aliphatic carbocycles. The summed E-state index contributed by atoms with van der Waals surface area (Å²) in [5, 5.41) is 5.98. The van der Waals surface area contributed by atoms with E-state index in [1.165, 1.54) is 0 Å². The Morgan fingerprint density at radius 1 is 1.38 bits per heavy atom. The summed E-state index contributed by atoms with van der Waals surface area (Å²) in [7, 11) is 0. The highest BCUT2D eigenvalue weighted by atomic mass is 16.5. The zero-order valence-electron chi connectivity index (χ0n) is 11.7. The van der Waals surface area contributed by atoms with E-state index >= 15 is 0 Å². The van der Waals surface area contributed by atoms with Gasteiger partial charge in [-0.2, -0.15) is 0 Å². The number of carbonyl (C=O) groups is 2. The van der Waals surface area contributed by atoms with Gasteiger partial charge in [-0.15, -0.1) is 0 Å². The molecule has 0 fully saturated rings. The Hall–Kier alpha value is -2.50. The molecule has 2 rings (SSSR count). The van der Waals surface area contributed by atoms with Gasteiger partial charge in [-0.1, -0.05) is 12.1 Å². The number of allylic oxidation sites excluding steroid dienone is 1. The van der Waals surface area contributed by atoms with Crippen molar-refractivity contribution in [2.75, 3.05) is 13.2 Å². The molecule has 21 heavy (non-hydrogen) atoms. The number of nitrogens with one attached hydrogen (secondary N) is 2. The molecule has 1 heterocycles. The maximum absolute atomic E-state index is 12.0. The predicted octanol–water partition coefficient (Wildman–Crippen LogP) is 0.434. The van der Waals surface area contributed by atoms with Crippen molar-refractivity contribution < 1.29 is 14.3 Å². The van der Waals surface area contributed by atoms with Crippen LogP contribution in [0.3, 0.4) is 0 Å².